The standard InChI is InChI=1S/C22H27N5O4/c1-29-18-4-3-5-19(30-2)17(18)14-26-10-7-21-25-24-20(27(21)12-11-26)6-9-23-22(28)16-8-13-31-15-16/h3-5,8,13,15H,6-7,9-12,14H2,1-2H3,(H,23,28). The molecule has 164 valence electrons. The molecule has 0 unspecified atom stereocenters. The van der Waals surface area contributed by atoms with Crippen molar-refractivity contribution in [1.82, 2.24) is 25.0 Å². The first kappa shape index (κ1) is 20.9. The van der Waals surface area contributed by atoms with Gasteiger partial charge in [0.25, 0.3) is 5.91 Å². The summed E-state index contributed by atoms with van der Waals surface area (Å²) in [6, 6.07) is 7.49. The number of hydrogen-bond donors (Lipinski definition) is 1. The third kappa shape index (κ3) is 4.72. The van der Waals surface area contributed by atoms with E-state index in [0.29, 0.717) is 18.5 Å². The zero-order chi connectivity index (χ0) is 21.6. The number of hydrogen-bond acceptors (Lipinski definition) is 7. The predicted molar refractivity (Wildman–Crippen MR) is 113 cm³/mol. The molecule has 0 spiro atoms. The average Bonchev–Trinajstić information content (AvgIpc) is 3.42. The van der Waals surface area contributed by atoms with Crippen molar-refractivity contribution in [2.45, 2.75) is 25.9 Å². The van der Waals surface area contributed by atoms with Crippen LogP contribution in [0.5, 0.6) is 11.5 Å². The van der Waals surface area contributed by atoms with Crippen LogP contribution in [0.25, 0.3) is 0 Å². The summed E-state index contributed by atoms with van der Waals surface area (Å²) in [5, 5.41) is 11.6. The maximum Gasteiger partial charge on any atom is 0.254 e. The second-order valence-corrected chi connectivity index (χ2v) is 7.37. The van der Waals surface area contributed by atoms with Gasteiger partial charge in [-0.3, -0.25) is 9.69 Å². The third-order valence-electron chi connectivity index (χ3n) is 5.52. The van der Waals surface area contributed by atoms with Gasteiger partial charge in [-0.05, 0) is 18.2 Å². The second kappa shape index (κ2) is 9.65. The van der Waals surface area contributed by atoms with E-state index in [1.807, 2.05) is 18.2 Å². The lowest BCUT2D eigenvalue weighted by Gasteiger charge is -2.22. The Morgan fingerprint density at radius 2 is 1.94 bits per heavy atom. The Balaban J connectivity index is 1.37. The van der Waals surface area contributed by atoms with Gasteiger partial charge in [0.05, 0.1) is 31.6 Å². The number of benzene rings is 1. The number of rotatable bonds is 8. The van der Waals surface area contributed by atoms with Gasteiger partial charge in [0.1, 0.15) is 29.4 Å². The first-order chi connectivity index (χ1) is 15.2. The molecular weight excluding hydrogens is 398 g/mol. The summed E-state index contributed by atoms with van der Waals surface area (Å²) in [5.41, 5.74) is 1.56. The van der Waals surface area contributed by atoms with Crippen molar-refractivity contribution in [3.8, 4) is 11.5 Å². The van der Waals surface area contributed by atoms with Gasteiger partial charge < -0.3 is 23.8 Å². The van der Waals surface area contributed by atoms with Crippen molar-refractivity contribution < 1.29 is 18.7 Å². The molecule has 1 aliphatic heterocycles. The van der Waals surface area contributed by atoms with Crippen molar-refractivity contribution in [1.29, 1.82) is 0 Å². The normalized spacial score (nSPS) is 14.0. The summed E-state index contributed by atoms with van der Waals surface area (Å²) in [5.74, 6) is 3.38. The Bertz CT molecular complexity index is 993. The minimum absolute atomic E-state index is 0.152. The number of aromatic nitrogens is 3. The lowest BCUT2D eigenvalue weighted by atomic mass is 10.1. The van der Waals surface area contributed by atoms with E-state index in [1.165, 1.54) is 12.5 Å². The van der Waals surface area contributed by atoms with Crippen molar-refractivity contribution in [3.63, 3.8) is 0 Å². The highest BCUT2D eigenvalue weighted by Gasteiger charge is 2.21. The fourth-order valence-electron chi connectivity index (χ4n) is 3.86. The van der Waals surface area contributed by atoms with Crippen LogP contribution in [0.2, 0.25) is 0 Å². The minimum Gasteiger partial charge on any atom is -0.496 e. The average molecular weight is 425 g/mol. The molecule has 0 saturated carbocycles. The number of fused-ring (bicyclic) bond motifs is 1. The number of furan rings is 1. The number of nitrogens with zero attached hydrogens (tertiary/aromatic N) is 4. The summed E-state index contributed by atoms with van der Waals surface area (Å²) in [6.07, 6.45) is 4.35. The fourth-order valence-corrected chi connectivity index (χ4v) is 3.86. The lowest BCUT2D eigenvalue weighted by molar-refractivity contribution is 0.0953. The van der Waals surface area contributed by atoms with Crippen molar-refractivity contribution >= 4 is 5.91 Å². The molecule has 0 saturated heterocycles. The van der Waals surface area contributed by atoms with E-state index < -0.39 is 0 Å². The van der Waals surface area contributed by atoms with E-state index in [-0.39, 0.29) is 5.91 Å². The Morgan fingerprint density at radius 3 is 2.65 bits per heavy atom. The van der Waals surface area contributed by atoms with Gasteiger partial charge in [-0.15, -0.1) is 10.2 Å². The molecule has 0 aliphatic carbocycles. The minimum atomic E-state index is -0.152. The van der Waals surface area contributed by atoms with E-state index in [2.05, 4.69) is 25.0 Å². The number of amides is 1. The van der Waals surface area contributed by atoms with E-state index in [0.717, 1.165) is 61.3 Å². The molecule has 9 heteroatoms. The van der Waals surface area contributed by atoms with Gasteiger partial charge in [0.15, 0.2) is 0 Å². The topological polar surface area (TPSA) is 94.7 Å². The number of nitrogens with one attached hydrogen (secondary N) is 1. The van der Waals surface area contributed by atoms with Crippen LogP contribution in [-0.4, -0.2) is 59.4 Å². The zero-order valence-corrected chi connectivity index (χ0v) is 17.8. The van der Waals surface area contributed by atoms with Gasteiger partial charge in [-0.25, -0.2) is 0 Å². The number of carbonyl (C=O) groups excluding carboxylic acids is 1. The molecule has 1 aromatic carbocycles. The molecule has 4 rings (SSSR count). The molecule has 1 aliphatic rings. The summed E-state index contributed by atoms with van der Waals surface area (Å²) in [7, 11) is 3.36. The van der Waals surface area contributed by atoms with E-state index in [1.54, 1.807) is 20.3 Å². The zero-order valence-electron chi connectivity index (χ0n) is 17.8. The van der Waals surface area contributed by atoms with Crippen LogP contribution in [0.4, 0.5) is 0 Å². The van der Waals surface area contributed by atoms with Gasteiger partial charge in [-0.2, -0.15) is 0 Å². The Kier molecular flexibility index (Phi) is 6.51. The highest BCUT2D eigenvalue weighted by atomic mass is 16.5. The molecule has 0 fully saturated rings. The van der Waals surface area contributed by atoms with Crippen molar-refractivity contribution in [3.05, 3.63) is 59.6 Å². The van der Waals surface area contributed by atoms with Crippen LogP contribution in [0.3, 0.4) is 0 Å². The van der Waals surface area contributed by atoms with E-state index in [4.69, 9.17) is 13.9 Å². The van der Waals surface area contributed by atoms with Crippen LogP contribution < -0.4 is 14.8 Å². The molecule has 1 amide bonds. The lowest BCUT2D eigenvalue weighted by Crippen LogP contribution is -2.28. The Morgan fingerprint density at radius 1 is 1.13 bits per heavy atom. The summed E-state index contributed by atoms with van der Waals surface area (Å²) in [6.45, 7) is 3.76. The second-order valence-electron chi connectivity index (χ2n) is 7.37. The fraction of sp³-hybridized carbons (Fsp3) is 0.409. The highest BCUT2D eigenvalue weighted by molar-refractivity contribution is 5.93. The summed E-state index contributed by atoms with van der Waals surface area (Å²) in [4.78, 5) is 14.4. The summed E-state index contributed by atoms with van der Waals surface area (Å²) >= 11 is 0. The van der Waals surface area contributed by atoms with Gasteiger partial charge >= 0.3 is 0 Å². The molecule has 0 bridgehead atoms. The number of methoxy groups -OCH3 is 2. The molecule has 9 nitrogen and oxygen atoms in total. The van der Waals surface area contributed by atoms with Crippen molar-refractivity contribution in [2.24, 2.45) is 0 Å². The Hall–Kier alpha value is -3.33. The van der Waals surface area contributed by atoms with E-state index in [9.17, 15) is 4.79 Å². The van der Waals surface area contributed by atoms with Crippen LogP contribution >= 0.6 is 0 Å². The first-order valence-electron chi connectivity index (χ1n) is 10.3. The van der Waals surface area contributed by atoms with Gasteiger partial charge in [0.2, 0.25) is 0 Å². The molecular formula is C22H27N5O4. The largest absolute Gasteiger partial charge is 0.496 e. The molecule has 0 radical (unpaired) electrons. The smallest absolute Gasteiger partial charge is 0.254 e. The van der Waals surface area contributed by atoms with E-state index >= 15 is 0 Å². The quantitative estimate of drug-likeness (QED) is 0.589. The molecule has 1 N–H and O–H groups in total. The highest BCUT2D eigenvalue weighted by Crippen LogP contribution is 2.30. The SMILES string of the molecule is COc1cccc(OC)c1CN1CCc2nnc(CCNC(=O)c3ccoc3)n2CC1. The molecule has 3 aromatic rings. The molecule has 3 heterocycles. The number of ether oxygens (including phenoxy) is 2. The van der Waals surface area contributed by atoms with Crippen LogP contribution in [-0.2, 0) is 25.9 Å². The molecule has 2 aromatic heterocycles. The molecule has 31 heavy (non-hydrogen) atoms. The molecule has 0 atom stereocenters. The predicted octanol–water partition coefficient (Wildman–Crippen LogP) is 1.92. The summed E-state index contributed by atoms with van der Waals surface area (Å²) < 4.78 is 18.2. The maximum absolute atomic E-state index is 12.1. The first-order valence-corrected chi connectivity index (χ1v) is 10.3. The third-order valence-corrected chi connectivity index (χ3v) is 5.52. The van der Waals surface area contributed by atoms with Crippen molar-refractivity contribution in [2.75, 3.05) is 33.9 Å². The number of carbonyl (C=O) groups is 1. The van der Waals surface area contributed by atoms with Crippen LogP contribution in [0.15, 0.2) is 41.2 Å². The Labute approximate surface area is 181 Å². The van der Waals surface area contributed by atoms with Crippen LogP contribution in [0.1, 0.15) is 27.6 Å². The van der Waals surface area contributed by atoms with Gasteiger partial charge in [-0.1, -0.05) is 6.07 Å². The monoisotopic (exact) mass is 425 g/mol. The van der Waals surface area contributed by atoms with Gasteiger partial charge in [0, 0.05) is 45.6 Å². The maximum atomic E-state index is 12.1. The van der Waals surface area contributed by atoms with Crippen LogP contribution in [0, 0.1) is 0 Å².